The standard InChI is InChI=1S/C21H12BrNO4/c22-11-8-9-17(16(10-11)21(26)27)23-20(25)15-7-3-6-13-12-4-1-2-5-14(12)19(24)18(13)15/h1-10H,(H,23,25)(H,26,27). The van der Waals surface area contributed by atoms with E-state index in [1.54, 1.807) is 36.4 Å². The number of aromatic carboxylic acids is 1. The van der Waals surface area contributed by atoms with Gasteiger partial charge in [0.15, 0.2) is 5.78 Å². The van der Waals surface area contributed by atoms with E-state index < -0.39 is 11.9 Å². The first-order valence-electron chi connectivity index (χ1n) is 8.08. The molecule has 1 aliphatic rings. The van der Waals surface area contributed by atoms with Crippen molar-refractivity contribution in [3.63, 3.8) is 0 Å². The molecule has 1 aliphatic carbocycles. The Kier molecular flexibility index (Phi) is 4.12. The van der Waals surface area contributed by atoms with E-state index in [0.717, 1.165) is 5.56 Å². The normalized spacial score (nSPS) is 11.7. The van der Waals surface area contributed by atoms with Crippen LogP contribution in [0.1, 0.15) is 36.6 Å². The number of hydrogen-bond donors (Lipinski definition) is 2. The summed E-state index contributed by atoms with van der Waals surface area (Å²) < 4.78 is 0.587. The Morgan fingerprint density at radius 2 is 1.56 bits per heavy atom. The van der Waals surface area contributed by atoms with Gasteiger partial charge < -0.3 is 10.4 Å². The molecule has 3 aromatic carbocycles. The number of hydrogen-bond acceptors (Lipinski definition) is 3. The minimum Gasteiger partial charge on any atom is -0.478 e. The van der Waals surface area contributed by atoms with Gasteiger partial charge in [-0.05, 0) is 35.4 Å². The molecular formula is C21H12BrNO4. The predicted octanol–water partition coefficient (Wildman–Crippen LogP) is 4.61. The van der Waals surface area contributed by atoms with E-state index in [0.29, 0.717) is 21.2 Å². The van der Waals surface area contributed by atoms with Crippen molar-refractivity contribution < 1.29 is 19.5 Å². The summed E-state index contributed by atoms with van der Waals surface area (Å²) in [4.78, 5) is 37.1. The zero-order valence-electron chi connectivity index (χ0n) is 13.8. The highest BCUT2D eigenvalue weighted by Crippen LogP contribution is 2.38. The molecule has 6 heteroatoms. The molecule has 0 bridgehead atoms. The number of ketones is 1. The smallest absolute Gasteiger partial charge is 0.337 e. The third-order valence-electron chi connectivity index (χ3n) is 4.46. The molecule has 4 rings (SSSR count). The van der Waals surface area contributed by atoms with Crippen LogP contribution in [0.5, 0.6) is 0 Å². The summed E-state index contributed by atoms with van der Waals surface area (Å²) in [5, 5.41) is 12.0. The average Bonchev–Trinajstić information content (AvgIpc) is 2.96. The Hall–Kier alpha value is -3.25. The van der Waals surface area contributed by atoms with Gasteiger partial charge in [0.05, 0.1) is 16.8 Å². The molecule has 0 saturated heterocycles. The molecule has 0 atom stereocenters. The van der Waals surface area contributed by atoms with Crippen LogP contribution < -0.4 is 5.32 Å². The highest BCUT2D eigenvalue weighted by molar-refractivity contribution is 9.10. The van der Waals surface area contributed by atoms with Crippen molar-refractivity contribution in [2.24, 2.45) is 0 Å². The summed E-state index contributed by atoms with van der Waals surface area (Å²) in [6.07, 6.45) is 0. The van der Waals surface area contributed by atoms with Gasteiger partial charge in [0, 0.05) is 15.6 Å². The van der Waals surface area contributed by atoms with Crippen molar-refractivity contribution >= 4 is 39.3 Å². The van der Waals surface area contributed by atoms with Crippen LogP contribution in [-0.4, -0.2) is 22.8 Å². The number of benzene rings is 3. The molecule has 1 amide bonds. The SMILES string of the molecule is O=C(O)c1cc(Br)ccc1NC(=O)c1cccc2c1C(=O)c1ccccc1-2. The number of carboxylic acid groups (broad SMARTS) is 1. The van der Waals surface area contributed by atoms with Gasteiger partial charge >= 0.3 is 5.97 Å². The highest BCUT2D eigenvalue weighted by Gasteiger charge is 2.30. The average molecular weight is 422 g/mol. The van der Waals surface area contributed by atoms with E-state index in [-0.39, 0.29) is 22.6 Å². The number of halogens is 1. The minimum atomic E-state index is -1.16. The maximum absolute atomic E-state index is 12.9. The number of rotatable bonds is 3. The van der Waals surface area contributed by atoms with E-state index in [1.165, 1.54) is 12.1 Å². The summed E-state index contributed by atoms with van der Waals surface area (Å²) in [5.41, 5.74) is 2.73. The van der Waals surface area contributed by atoms with Crippen LogP contribution in [-0.2, 0) is 0 Å². The lowest BCUT2D eigenvalue weighted by molar-refractivity contribution is 0.0697. The first-order valence-corrected chi connectivity index (χ1v) is 8.88. The number of amides is 1. The Balaban J connectivity index is 1.76. The summed E-state index contributed by atoms with van der Waals surface area (Å²) in [6, 6.07) is 16.8. The highest BCUT2D eigenvalue weighted by atomic mass is 79.9. The summed E-state index contributed by atoms with van der Waals surface area (Å²) in [6.45, 7) is 0. The monoisotopic (exact) mass is 421 g/mol. The van der Waals surface area contributed by atoms with Gasteiger partial charge in [-0.15, -0.1) is 0 Å². The molecule has 27 heavy (non-hydrogen) atoms. The second kappa shape index (κ2) is 6.48. The zero-order valence-corrected chi connectivity index (χ0v) is 15.4. The Bertz CT molecular complexity index is 1140. The van der Waals surface area contributed by atoms with E-state index in [2.05, 4.69) is 21.2 Å². The van der Waals surface area contributed by atoms with Crippen molar-refractivity contribution in [1.82, 2.24) is 0 Å². The molecule has 3 aromatic rings. The Morgan fingerprint density at radius 1 is 0.852 bits per heavy atom. The van der Waals surface area contributed by atoms with Crippen LogP contribution in [0.2, 0.25) is 0 Å². The lowest BCUT2D eigenvalue weighted by Crippen LogP contribution is -2.17. The quantitative estimate of drug-likeness (QED) is 0.505. The molecule has 0 heterocycles. The van der Waals surface area contributed by atoms with Crippen molar-refractivity contribution in [3.8, 4) is 11.1 Å². The number of carbonyl (C=O) groups is 3. The molecule has 132 valence electrons. The lowest BCUT2D eigenvalue weighted by atomic mass is 10.00. The molecule has 2 N–H and O–H groups in total. The third-order valence-corrected chi connectivity index (χ3v) is 4.95. The van der Waals surface area contributed by atoms with Gasteiger partial charge in [0.25, 0.3) is 5.91 Å². The molecule has 0 spiro atoms. The Morgan fingerprint density at radius 3 is 2.30 bits per heavy atom. The number of nitrogens with one attached hydrogen (secondary N) is 1. The van der Waals surface area contributed by atoms with Crippen LogP contribution in [0, 0.1) is 0 Å². The summed E-state index contributed by atoms with van der Waals surface area (Å²) in [7, 11) is 0. The zero-order chi connectivity index (χ0) is 19.1. The van der Waals surface area contributed by atoms with Crippen molar-refractivity contribution in [1.29, 1.82) is 0 Å². The second-order valence-corrected chi connectivity index (χ2v) is 6.97. The first-order chi connectivity index (χ1) is 13.0. The van der Waals surface area contributed by atoms with Gasteiger partial charge in [-0.1, -0.05) is 52.3 Å². The van der Waals surface area contributed by atoms with Crippen molar-refractivity contribution in [3.05, 3.63) is 87.4 Å². The number of fused-ring (bicyclic) bond motifs is 3. The van der Waals surface area contributed by atoms with Gasteiger partial charge in [0.1, 0.15) is 0 Å². The van der Waals surface area contributed by atoms with E-state index in [4.69, 9.17) is 0 Å². The topological polar surface area (TPSA) is 83.5 Å². The molecule has 0 saturated carbocycles. The van der Waals surface area contributed by atoms with E-state index in [9.17, 15) is 19.5 Å². The largest absolute Gasteiger partial charge is 0.478 e. The van der Waals surface area contributed by atoms with E-state index >= 15 is 0 Å². The van der Waals surface area contributed by atoms with Gasteiger partial charge in [-0.3, -0.25) is 9.59 Å². The van der Waals surface area contributed by atoms with Gasteiger partial charge in [-0.25, -0.2) is 4.79 Å². The number of carbonyl (C=O) groups excluding carboxylic acids is 2. The van der Waals surface area contributed by atoms with Gasteiger partial charge in [-0.2, -0.15) is 0 Å². The Labute approximate surface area is 162 Å². The van der Waals surface area contributed by atoms with Crippen LogP contribution >= 0.6 is 15.9 Å². The van der Waals surface area contributed by atoms with E-state index in [1.807, 2.05) is 12.1 Å². The first kappa shape index (κ1) is 17.2. The van der Waals surface area contributed by atoms with Crippen molar-refractivity contribution in [2.45, 2.75) is 0 Å². The molecule has 0 aromatic heterocycles. The fraction of sp³-hybridized carbons (Fsp3) is 0. The van der Waals surface area contributed by atoms with Crippen LogP contribution in [0.4, 0.5) is 5.69 Å². The fourth-order valence-electron chi connectivity index (χ4n) is 3.25. The molecule has 0 unspecified atom stereocenters. The summed E-state index contributed by atoms with van der Waals surface area (Å²) >= 11 is 3.22. The number of anilines is 1. The third kappa shape index (κ3) is 2.84. The van der Waals surface area contributed by atoms with Crippen LogP contribution in [0.3, 0.4) is 0 Å². The molecular weight excluding hydrogens is 410 g/mol. The predicted molar refractivity (Wildman–Crippen MR) is 104 cm³/mol. The maximum atomic E-state index is 12.9. The van der Waals surface area contributed by atoms with Crippen molar-refractivity contribution in [2.75, 3.05) is 5.32 Å². The molecule has 0 radical (unpaired) electrons. The fourth-order valence-corrected chi connectivity index (χ4v) is 3.61. The molecule has 5 nitrogen and oxygen atoms in total. The van der Waals surface area contributed by atoms with Crippen LogP contribution in [0.15, 0.2) is 65.1 Å². The summed E-state index contributed by atoms with van der Waals surface area (Å²) in [5.74, 6) is -1.90. The maximum Gasteiger partial charge on any atom is 0.337 e. The van der Waals surface area contributed by atoms with Crippen LogP contribution in [0.25, 0.3) is 11.1 Å². The minimum absolute atomic E-state index is 0.0417. The molecule has 0 fully saturated rings. The van der Waals surface area contributed by atoms with Gasteiger partial charge in [0.2, 0.25) is 0 Å². The molecule has 0 aliphatic heterocycles. The lowest BCUT2D eigenvalue weighted by Gasteiger charge is -2.11. The number of carboxylic acids is 1. The second-order valence-electron chi connectivity index (χ2n) is 6.05.